The molecule has 0 radical (unpaired) electrons. The Hall–Kier alpha value is -2.37. The van der Waals surface area contributed by atoms with Crippen molar-refractivity contribution in [3.8, 4) is 0 Å². The number of rotatable bonds is 4. The van der Waals surface area contributed by atoms with Crippen molar-refractivity contribution < 1.29 is 14.4 Å². The molecule has 1 aliphatic rings. The van der Waals surface area contributed by atoms with E-state index in [1.807, 2.05) is 6.92 Å². The number of hydrogen-bond acceptors (Lipinski definition) is 3. The number of carbonyl (C=O) groups excluding carboxylic acids is 3. The zero-order valence-electron chi connectivity index (χ0n) is 11.3. The third-order valence-corrected chi connectivity index (χ3v) is 3.01. The molecule has 0 saturated carbocycles. The van der Waals surface area contributed by atoms with Gasteiger partial charge in [-0.1, -0.05) is 12.1 Å². The second kappa shape index (κ2) is 6.18. The molecular weight excluding hydrogens is 258 g/mol. The van der Waals surface area contributed by atoms with Crippen LogP contribution >= 0.6 is 0 Å². The molecule has 1 aromatic rings. The predicted octanol–water partition coefficient (Wildman–Crippen LogP) is 0.888. The quantitative estimate of drug-likeness (QED) is 0.856. The molecule has 0 unspecified atom stereocenters. The van der Waals surface area contributed by atoms with E-state index in [1.54, 1.807) is 24.3 Å². The molecule has 106 valence electrons. The normalized spacial score (nSPS) is 13.4. The van der Waals surface area contributed by atoms with Crippen LogP contribution < -0.4 is 15.5 Å². The Kier molecular flexibility index (Phi) is 4.34. The summed E-state index contributed by atoms with van der Waals surface area (Å²) >= 11 is 0. The van der Waals surface area contributed by atoms with E-state index in [0.29, 0.717) is 17.9 Å². The van der Waals surface area contributed by atoms with Crippen LogP contribution in [0.4, 0.5) is 11.4 Å². The van der Waals surface area contributed by atoms with Gasteiger partial charge in [0.05, 0.1) is 11.4 Å². The Bertz CT molecular complexity index is 542. The van der Waals surface area contributed by atoms with Crippen molar-refractivity contribution in [1.82, 2.24) is 5.32 Å². The first kappa shape index (κ1) is 14.0. The maximum absolute atomic E-state index is 12.2. The van der Waals surface area contributed by atoms with Crippen LogP contribution in [0, 0.1) is 0 Å². The van der Waals surface area contributed by atoms with Crippen molar-refractivity contribution >= 4 is 29.1 Å². The van der Waals surface area contributed by atoms with Crippen LogP contribution in [0.3, 0.4) is 0 Å². The summed E-state index contributed by atoms with van der Waals surface area (Å²) in [6.07, 6.45) is 0.223. The fourth-order valence-corrected chi connectivity index (χ4v) is 2.10. The first-order valence-corrected chi connectivity index (χ1v) is 6.57. The summed E-state index contributed by atoms with van der Waals surface area (Å²) in [4.78, 5) is 36.6. The van der Waals surface area contributed by atoms with Crippen LogP contribution in [0.25, 0.3) is 0 Å². The lowest BCUT2D eigenvalue weighted by Gasteiger charge is -2.29. The smallest absolute Gasteiger partial charge is 0.244 e. The highest BCUT2D eigenvalue weighted by molar-refractivity contribution is 6.10. The summed E-state index contributed by atoms with van der Waals surface area (Å²) in [6.45, 7) is 2.36. The molecule has 1 aromatic carbocycles. The van der Waals surface area contributed by atoms with Gasteiger partial charge in [-0.2, -0.15) is 0 Å². The van der Waals surface area contributed by atoms with Crippen molar-refractivity contribution in [3.05, 3.63) is 24.3 Å². The van der Waals surface area contributed by atoms with E-state index in [0.717, 1.165) is 0 Å². The van der Waals surface area contributed by atoms with Crippen LogP contribution in [-0.2, 0) is 14.4 Å². The van der Waals surface area contributed by atoms with Gasteiger partial charge in [-0.3, -0.25) is 14.4 Å². The van der Waals surface area contributed by atoms with Gasteiger partial charge in [-0.05, 0) is 19.1 Å². The average molecular weight is 275 g/mol. The number of hydrogen-bond donors (Lipinski definition) is 2. The number of para-hydroxylation sites is 2. The summed E-state index contributed by atoms with van der Waals surface area (Å²) in [6, 6.07) is 7.12. The third kappa shape index (κ3) is 3.14. The van der Waals surface area contributed by atoms with Crippen LogP contribution in [0.1, 0.15) is 19.8 Å². The van der Waals surface area contributed by atoms with Gasteiger partial charge < -0.3 is 15.5 Å². The number of anilines is 2. The number of benzene rings is 1. The molecule has 0 atom stereocenters. The third-order valence-electron chi connectivity index (χ3n) is 3.01. The number of amides is 3. The zero-order chi connectivity index (χ0) is 14.5. The standard InChI is InChI=1S/C14H17N3O3/c1-2-15-12(18)7-8-14(20)17-9-13(19)16-10-5-3-4-6-11(10)17/h3-6H,2,7-9H2,1H3,(H,15,18)(H,16,19). The molecule has 0 aromatic heterocycles. The summed E-state index contributed by atoms with van der Waals surface area (Å²) in [5, 5.41) is 5.36. The van der Waals surface area contributed by atoms with Gasteiger partial charge in [0.25, 0.3) is 0 Å². The minimum absolute atomic E-state index is 0.00869. The van der Waals surface area contributed by atoms with Gasteiger partial charge in [-0.15, -0.1) is 0 Å². The fraction of sp³-hybridized carbons (Fsp3) is 0.357. The van der Waals surface area contributed by atoms with E-state index >= 15 is 0 Å². The van der Waals surface area contributed by atoms with Gasteiger partial charge in [0, 0.05) is 19.4 Å². The Morgan fingerprint density at radius 2 is 2.05 bits per heavy atom. The van der Waals surface area contributed by atoms with Crippen LogP contribution in [0.2, 0.25) is 0 Å². The average Bonchev–Trinajstić information content (AvgIpc) is 2.44. The first-order chi connectivity index (χ1) is 9.61. The monoisotopic (exact) mass is 275 g/mol. The molecule has 1 heterocycles. The minimum Gasteiger partial charge on any atom is -0.356 e. The van der Waals surface area contributed by atoms with Gasteiger partial charge in [-0.25, -0.2) is 0 Å². The largest absolute Gasteiger partial charge is 0.356 e. The van der Waals surface area contributed by atoms with Crippen molar-refractivity contribution in [2.45, 2.75) is 19.8 Å². The second-order valence-electron chi connectivity index (χ2n) is 4.50. The van der Waals surface area contributed by atoms with E-state index in [4.69, 9.17) is 0 Å². The molecule has 0 saturated heterocycles. The summed E-state index contributed by atoms with van der Waals surface area (Å²) < 4.78 is 0. The Balaban J connectivity index is 2.06. The summed E-state index contributed by atoms with van der Waals surface area (Å²) in [5.41, 5.74) is 1.29. The van der Waals surface area contributed by atoms with Crippen molar-refractivity contribution in [2.24, 2.45) is 0 Å². The minimum atomic E-state index is -0.227. The van der Waals surface area contributed by atoms with Crippen LogP contribution in [0.5, 0.6) is 0 Å². The molecule has 0 fully saturated rings. The highest BCUT2D eigenvalue weighted by atomic mass is 16.2. The van der Waals surface area contributed by atoms with Gasteiger partial charge >= 0.3 is 0 Å². The Labute approximate surface area is 117 Å². The SMILES string of the molecule is CCNC(=O)CCC(=O)N1CC(=O)Nc2ccccc21. The lowest BCUT2D eigenvalue weighted by atomic mass is 10.1. The van der Waals surface area contributed by atoms with Crippen LogP contribution in [0.15, 0.2) is 24.3 Å². The topological polar surface area (TPSA) is 78.5 Å². The highest BCUT2D eigenvalue weighted by Gasteiger charge is 2.26. The molecule has 2 N–H and O–H groups in total. The van der Waals surface area contributed by atoms with E-state index in [-0.39, 0.29) is 37.1 Å². The Morgan fingerprint density at radius 1 is 1.30 bits per heavy atom. The first-order valence-electron chi connectivity index (χ1n) is 6.57. The molecule has 3 amide bonds. The molecular formula is C14H17N3O3. The number of carbonyl (C=O) groups is 3. The van der Waals surface area contributed by atoms with Crippen molar-refractivity contribution in [2.75, 3.05) is 23.3 Å². The second-order valence-corrected chi connectivity index (χ2v) is 4.50. The number of fused-ring (bicyclic) bond motifs is 1. The molecule has 0 spiro atoms. The molecule has 20 heavy (non-hydrogen) atoms. The summed E-state index contributed by atoms with van der Waals surface area (Å²) in [7, 11) is 0. The van der Waals surface area contributed by atoms with Crippen molar-refractivity contribution in [1.29, 1.82) is 0 Å². The molecule has 2 rings (SSSR count). The van der Waals surface area contributed by atoms with Crippen LogP contribution in [-0.4, -0.2) is 30.8 Å². The van der Waals surface area contributed by atoms with Crippen molar-refractivity contribution in [3.63, 3.8) is 0 Å². The molecule has 6 heteroatoms. The highest BCUT2D eigenvalue weighted by Crippen LogP contribution is 2.29. The Morgan fingerprint density at radius 3 is 2.80 bits per heavy atom. The van der Waals surface area contributed by atoms with E-state index in [9.17, 15) is 14.4 Å². The zero-order valence-corrected chi connectivity index (χ0v) is 11.3. The van der Waals surface area contributed by atoms with E-state index in [2.05, 4.69) is 10.6 Å². The molecule has 0 bridgehead atoms. The molecule has 1 aliphatic heterocycles. The number of nitrogens with one attached hydrogen (secondary N) is 2. The number of nitrogens with zero attached hydrogens (tertiary/aromatic N) is 1. The molecule has 0 aliphatic carbocycles. The van der Waals surface area contributed by atoms with Gasteiger partial charge in [0.2, 0.25) is 17.7 Å². The lowest BCUT2D eigenvalue weighted by molar-refractivity contribution is -0.125. The molecule has 6 nitrogen and oxygen atoms in total. The van der Waals surface area contributed by atoms with E-state index < -0.39 is 0 Å². The summed E-state index contributed by atoms with van der Waals surface area (Å²) in [5.74, 6) is -0.607. The lowest BCUT2D eigenvalue weighted by Crippen LogP contribution is -2.42. The maximum atomic E-state index is 12.2. The van der Waals surface area contributed by atoms with E-state index in [1.165, 1.54) is 4.90 Å². The predicted molar refractivity (Wildman–Crippen MR) is 75.3 cm³/mol. The fourth-order valence-electron chi connectivity index (χ4n) is 2.10. The van der Waals surface area contributed by atoms with Gasteiger partial charge in [0.1, 0.15) is 6.54 Å². The maximum Gasteiger partial charge on any atom is 0.244 e. The van der Waals surface area contributed by atoms with Gasteiger partial charge in [0.15, 0.2) is 0 Å².